The molecule has 15 heteroatoms. The van der Waals surface area contributed by atoms with Gasteiger partial charge in [0.2, 0.25) is 11.4 Å². The van der Waals surface area contributed by atoms with Gasteiger partial charge in [-0.25, -0.2) is 9.71 Å². The van der Waals surface area contributed by atoms with Crippen LogP contribution in [0.5, 0.6) is 0 Å². The van der Waals surface area contributed by atoms with Crippen molar-refractivity contribution in [3.05, 3.63) is 34.6 Å². The van der Waals surface area contributed by atoms with Gasteiger partial charge in [-0.1, -0.05) is 17.7 Å². The van der Waals surface area contributed by atoms with Crippen LogP contribution in [0.2, 0.25) is 5.02 Å². The van der Waals surface area contributed by atoms with E-state index in [1.165, 1.54) is 0 Å². The Labute approximate surface area is 192 Å². The number of carbonyl (C=O) groups is 2. The van der Waals surface area contributed by atoms with Crippen molar-refractivity contribution < 1.29 is 60.0 Å². The summed E-state index contributed by atoms with van der Waals surface area (Å²) in [4.78, 5) is 25.3. The third-order valence-corrected chi connectivity index (χ3v) is 5.61. The molecule has 0 amide bonds. The van der Waals surface area contributed by atoms with Crippen molar-refractivity contribution in [3.8, 4) is 0 Å². The number of hydrogen-bond acceptors (Lipinski definition) is 7. The zero-order chi connectivity index (χ0) is 26.3. The van der Waals surface area contributed by atoms with Crippen molar-refractivity contribution in [2.24, 2.45) is 11.8 Å². The van der Waals surface area contributed by atoms with Crippen LogP contribution in [0.15, 0.2) is 18.2 Å². The molecule has 1 aromatic rings. The van der Waals surface area contributed by atoms with Gasteiger partial charge in [-0.15, -0.1) is 0 Å². The fourth-order valence-corrected chi connectivity index (χ4v) is 4.20. The highest BCUT2D eigenvalue weighted by atomic mass is 35.5. The van der Waals surface area contributed by atoms with Crippen molar-refractivity contribution in [1.82, 2.24) is 5.32 Å². The molecule has 192 valence electrons. The molecule has 1 saturated heterocycles. The van der Waals surface area contributed by atoms with E-state index < -0.39 is 83.1 Å². The van der Waals surface area contributed by atoms with Crippen molar-refractivity contribution in [1.29, 1.82) is 0 Å². The number of rotatable bonds is 5. The van der Waals surface area contributed by atoms with Gasteiger partial charge in [0.25, 0.3) is 0 Å². The van der Waals surface area contributed by atoms with Crippen LogP contribution in [0.4, 0.5) is 30.7 Å². The third-order valence-electron chi connectivity index (χ3n) is 5.28. The van der Waals surface area contributed by atoms with Gasteiger partial charge in [0.05, 0.1) is 13.2 Å². The Bertz CT molecular complexity index is 874. The van der Waals surface area contributed by atoms with Crippen molar-refractivity contribution >= 4 is 23.5 Å². The highest BCUT2D eigenvalue weighted by Gasteiger charge is 2.78. The number of halogens is 8. The lowest BCUT2D eigenvalue weighted by atomic mass is 9.64. The Kier molecular flexibility index (Phi) is 7.82. The fraction of sp³-hybridized carbons (Fsp3) is 0.579. The van der Waals surface area contributed by atoms with E-state index in [1.807, 2.05) is 0 Å². The molecule has 0 aromatic heterocycles. The first kappa shape index (κ1) is 28.1. The van der Waals surface area contributed by atoms with Gasteiger partial charge in [0.1, 0.15) is 17.7 Å². The predicted molar refractivity (Wildman–Crippen MR) is 99.5 cm³/mol. The molecular weight excluding hydrogens is 507 g/mol. The van der Waals surface area contributed by atoms with E-state index in [9.17, 15) is 50.5 Å². The summed E-state index contributed by atoms with van der Waals surface area (Å²) in [6.45, 7) is 1.07. The molecule has 0 radical (unpaired) electrons. The van der Waals surface area contributed by atoms with Gasteiger partial charge in [-0.05, 0) is 26.0 Å². The molecule has 2 rings (SSSR count). The fourth-order valence-electron chi connectivity index (χ4n) is 3.91. The summed E-state index contributed by atoms with van der Waals surface area (Å²) in [6, 6.07) is 2.41. The summed E-state index contributed by atoms with van der Waals surface area (Å²) in [7, 11) is 0. The van der Waals surface area contributed by atoms with E-state index in [1.54, 1.807) is 0 Å². The Morgan fingerprint density at radius 1 is 0.971 bits per heavy atom. The molecule has 0 aliphatic carbocycles. The van der Waals surface area contributed by atoms with Crippen molar-refractivity contribution in [3.63, 3.8) is 0 Å². The highest BCUT2D eigenvalue weighted by Crippen LogP contribution is 2.56. The molecule has 0 spiro atoms. The van der Waals surface area contributed by atoms with E-state index in [0.717, 1.165) is 26.0 Å². The van der Waals surface area contributed by atoms with Gasteiger partial charge in [0, 0.05) is 16.5 Å². The lowest BCUT2D eigenvalue weighted by molar-refractivity contribution is -0.376. The first-order valence-corrected chi connectivity index (χ1v) is 10.00. The Morgan fingerprint density at radius 2 is 1.38 bits per heavy atom. The van der Waals surface area contributed by atoms with Gasteiger partial charge in [-0.3, -0.25) is 9.59 Å². The number of nitrogens with one attached hydrogen (secondary N) is 1. The van der Waals surface area contributed by atoms with Crippen molar-refractivity contribution in [2.75, 3.05) is 13.2 Å². The number of esters is 2. The van der Waals surface area contributed by atoms with Crippen LogP contribution >= 0.6 is 11.6 Å². The maximum absolute atomic E-state index is 14.8. The standard InChI is InChI=1S/C19H19ClF7NO6/c1-3-33-14(29)12-11(10-8(20)6-5-7-9(10)21)13(15(30)34-4-2)17(32,19(25,26)27)28-16(12,31)18(22,23)24/h5-7,11-13,28,31-32H,3-4H2,1-2H3/t11?,12-,13+,16-,17-/m1/s1. The first-order valence-electron chi connectivity index (χ1n) is 9.62. The zero-order valence-electron chi connectivity index (χ0n) is 17.4. The topological polar surface area (TPSA) is 105 Å². The Morgan fingerprint density at radius 3 is 1.71 bits per heavy atom. The average Bonchev–Trinajstić information content (AvgIpc) is 2.66. The van der Waals surface area contributed by atoms with Gasteiger partial charge in [0.15, 0.2) is 0 Å². The molecule has 1 unspecified atom stereocenters. The molecule has 1 aromatic carbocycles. The summed E-state index contributed by atoms with van der Waals surface area (Å²) < 4.78 is 108. The van der Waals surface area contributed by atoms with E-state index in [0.29, 0.717) is 11.4 Å². The molecule has 1 fully saturated rings. The number of alkyl halides is 6. The lowest BCUT2D eigenvalue weighted by Gasteiger charge is -2.54. The Balaban J connectivity index is 3.06. The molecule has 0 bridgehead atoms. The SMILES string of the molecule is CCOC(=O)[C@@H]1C(c2c(F)cccc2Cl)[C@H](C(=O)OCC)[C@@](O)(C(F)(F)F)N[C@]1(O)C(F)(F)F. The molecule has 3 N–H and O–H groups in total. The molecule has 1 aliphatic heterocycles. The number of ether oxygens (including phenoxy) is 2. The minimum atomic E-state index is -6.08. The van der Waals surface area contributed by atoms with Gasteiger partial charge < -0.3 is 19.7 Å². The quantitative estimate of drug-likeness (QED) is 0.401. The number of hydrogen-bond donors (Lipinski definition) is 3. The van der Waals surface area contributed by atoms with Crippen LogP contribution in [-0.2, 0) is 19.1 Å². The first-order chi connectivity index (χ1) is 15.5. The minimum absolute atomic E-state index is 0.590. The minimum Gasteiger partial charge on any atom is -0.466 e. The monoisotopic (exact) mass is 525 g/mol. The molecular formula is C19H19ClF7NO6. The molecule has 5 atom stereocenters. The number of piperidine rings is 1. The Hall–Kier alpha value is -2.16. The number of aliphatic hydroxyl groups is 2. The maximum Gasteiger partial charge on any atom is 0.432 e. The van der Waals surface area contributed by atoms with Crippen LogP contribution < -0.4 is 5.32 Å². The second-order valence-corrected chi connectivity index (χ2v) is 7.68. The molecule has 1 aliphatic rings. The smallest absolute Gasteiger partial charge is 0.432 e. The maximum atomic E-state index is 14.8. The van der Waals surface area contributed by atoms with E-state index in [4.69, 9.17) is 11.6 Å². The summed E-state index contributed by atoms with van der Waals surface area (Å²) in [5.74, 6) is -14.5. The van der Waals surface area contributed by atoms with Gasteiger partial charge in [-0.2, -0.15) is 26.3 Å². The number of carbonyl (C=O) groups excluding carboxylic acids is 2. The normalized spacial score (nSPS) is 30.1. The van der Waals surface area contributed by atoms with E-state index in [2.05, 4.69) is 9.47 Å². The largest absolute Gasteiger partial charge is 0.466 e. The molecule has 34 heavy (non-hydrogen) atoms. The summed E-state index contributed by atoms with van der Waals surface area (Å²) >= 11 is 5.88. The zero-order valence-corrected chi connectivity index (χ0v) is 18.2. The molecule has 7 nitrogen and oxygen atoms in total. The number of benzene rings is 1. The van der Waals surface area contributed by atoms with Crippen LogP contribution in [0.1, 0.15) is 25.3 Å². The lowest BCUT2D eigenvalue weighted by Crippen LogP contribution is -2.81. The van der Waals surface area contributed by atoms with Crippen molar-refractivity contribution in [2.45, 2.75) is 43.6 Å². The van der Waals surface area contributed by atoms with Crippen LogP contribution in [0.3, 0.4) is 0 Å². The summed E-state index contributed by atoms with van der Waals surface area (Å²) in [5.41, 5.74) is -10.9. The van der Waals surface area contributed by atoms with E-state index >= 15 is 0 Å². The van der Waals surface area contributed by atoms with Gasteiger partial charge >= 0.3 is 24.3 Å². The predicted octanol–water partition coefficient (Wildman–Crippen LogP) is 3.03. The molecule has 1 heterocycles. The van der Waals surface area contributed by atoms with Crippen LogP contribution in [0.25, 0.3) is 0 Å². The second-order valence-electron chi connectivity index (χ2n) is 7.27. The summed E-state index contributed by atoms with van der Waals surface area (Å²) in [6.07, 6.45) is -12.2. The van der Waals surface area contributed by atoms with Crippen LogP contribution in [0, 0.1) is 17.7 Å². The second kappa shape index (κ2) is 9.47. The van der Waals surface area contributed by atoms with E-state index in [-0.39, 0.29) is 0 Å². The molecule has 0 saturated carbocycles. The van der Waals surface area contributed by atoms with Crippen LogP contribution in [-0.4, -0.2) is 59.2 Å². The highest BCUT2D eigenvalue weighted by molar-refractivity contribution is 6.31. The third kappa shape index (κ3) is 4.55. The summed E-state index contributed by atoms with van der Waals surface area (Å²) in [5, 5.41) is 20.8. The average molecular weight is 526 g/mol.